The van der Waals surface area contributed by atoms with E-state index in [0.29, 0.717) is 11.8 Å². The van der Waals surface area contributed by atoms with Gasteiger partial charge >= 0.3 is 0 Å². The van der Waals surface area contributed by atoms with Gasteiger partial charge in [-0.15, -0.1) is 0 Å². The average Bonchev–Trinajstić information content (AvgIpc) is 3.10. The first-order valence-corrected chi connectivity index (χ1v) is 8.48. The number of fused-ring (bicyclic) bond motifs is 3. The summed E-state index contributed by atoms with van der Waals surface area (Å²) in [6, 6.07) is 13.7. The Labute approximate surface area is 141 Å². The second-order valence-electron chi connectivity index (χ2n) is 6.56. The number of hydrogen-bond acceptors (Lipinski definition) is 3. The first-order valence-electron chi connectivity index (χ1n) is 8.48. The summed E-state index contributed by atoms with van der Waals surface area (Å²) < 4.78 is 0. The molecule has 2 aromatic rings. The Morgan fingerprint density at radius 3 is 2.88 bits per heavy atom. The van der Waals surface area contributed by atoms with Crippen molar-refractivity contribution in [1.29, 1.82) is 0 Å². The monoisotopic (exact) mass is 320 g/mol. The predicted molar refractivity (Wildman–Crippen MR) is 95.3 cm³/mol. The summed E-state index contributed by atoms with van der Waals surface area (Å²) in [6.07, 6.45) is 6.52. The average molecular weight is 320 g/mol. The van der Waals surface area contributed by atoms with Gasteiger partial charge in [-0.1, -0.05) is 49.4 Å². The van der Waals surface area contributed by atoms with Crippen molar-refractivity contribution < 1.29 is 4.92 Å². The summed E-state index contributed by atoms with van der Waals surface area (Å²) in [7, 11) is 0. The molecule has 122 valence electrons. The smallest absolute Gasteiger partial charge is 0.269 e. The van der Waals surface area contributed by atoms with Gasteiger partial charge in [0.25, 0.3) is 5.69 Å². The molecule has 0 fully saturated rings. The van der Waals surface area contributed by atoms with Gasteiger partial charge in [-0.05, 0) is 35.4 Å². The maximum Gasteiger partial charge on any atom is 0.269 e. The molecule has 3 atom stereocenters. The predicted octanol–water partition coefficient (Wildman–Crippen LogP) is 4.98. The van der Waals surface area contributed by atoms with Gasteiger partial charge in [0.1, 0.15) is 0 Å². The van der Waals surface area contributed by atoms with Crippen LogP contribution in [-0.4, -0.2) is 4.92 Å². The number of allylic oxidation sites excluding steroid dienone is 2. The molecule has 0 bridgehead atoms. The minimum atomic E-state index is -0.317. The third-order valence-corrected chi connectivity index (χ3v) is 5.30. The fourth-order valence-corrected chi connectivity index (χ4v) is 4.14. The van der Waals surface area contributed by atoms with E-state index in [1.54, 1.807) is 18.2 Å². The zero-order chi connectivity index (χ0) is 16.7. The zero-order valence-electron chi connectivity index (χ0n) is 13.6. The molecule has 0 amide bonds. The number of non-ortho nitro benzene ring substituents is 1. The molecule has 2 aliphatic rings. The van der Waals surface area contributed by atoms with Crippen LogP contribution in [0, 0.1) is 16.0 Å². The molecule has 0 radical (unpaired) electrons. The van der Waals surface area contributed by atoms with E-state index in [4.69, 9.17) is 0 Å². The van der Waals surface area contributed by atoms with Crippen LogP contribution >= 0.6 is 0 Å². The molecule has 1 aliphatic carbocycles. The number of nitrogens with zero attached hydrogens (tertiary/aromatic N) is 1. The lowest BCUT2D eigenvalue weighted by Crippen LogP contribution is -2.29. The van der Waals surface area contributed by atoms with Crippen molar-refractivity contribution in [3.63, 3.8) is 0 Å². The van der Waals surface area contributed by atoms with Crippen LogP contribution in [0.5, 0.6) is 0 Å². The Morgan fingerprint density at radius 1 is 1.25 bits per heavy atom. The van der Waals surface area contributed by atoms with Crippen molar-refractivity contribution in [3.05, 3.63) is 81.4 Å². The van der Waals surface area contributed by atoms with Crippen LogP contribution in [0.2, 0.25) is 0 Å². The minimum Gasteiger partial charge on any atom is -0.377 e. The van der Waals surface area contributed by atoms with E-state index < -0.39 is 0 Å². The number of nitrogens with one attached hydrogen (secondary N) is 1. The van der Waals surface area contributed by atoms with Gasteiger partial charge in [-0.25, -0.2) is 0 Å². The molecule has 0 aromatic heterocycles. The van der Waals surface area contributed by atoms with Crippen molar-refractivity contribution >= 4 is 11.4 Å². The third-order valence-electron chi connectivity index (χ3n) is 5.30. The Morgan fingerprint density at radius 2 is 2.08 bits per heavy atom. The molecule has 0 spiro atoms. The zero-order valence-corrected chi connectivity index (χ0v) is 13.6. The largest absolute Gasteiger partial charge is 0.377 e. The van der Waals surface area contributed by atoms with E-state index in [1.165, 1.54) is 16.8 Å². The van der Waals surface area contributed by atoms with Crippen LogP contribution in [0.25, 0.3) is 0 Å². The van der Waals surface area contributed by atoms with Gasteiger partial charge in [-0.3, -0.25) is 10.1 Å². The minimum absolute atomic E-state index is 0.102. The fourth-order valence-electron chi connectivity index (χ4n) is 4.14. The Balaban J connectivity index is 1.80. The van der Waals surface area contributed by atoms with Gasteiger partial charge in [0, 0.05) is 23.7 Å². The molecular weight excluding hydrogens is 300 g/mol. The number of rotatable bonds is 3. The summed E-state index contributed by atoms with van der Waals surface area (Å²) >= 11 is 0. The quantitative estimate of drug-likeness (QED) is 0.493. The van der Waals surface area contributed by atoms with E-state index in [1.807, 2.05) is 6.07 Å². The third kappa shape index (κ3) is 2.30. The molecule has 1 aliphatic heterocycles. The second kappa shape index (κ2) is 5.78. The lowest BCUT2D eigenvalue weighted by molar-refractivity contribution is -0.384. The normalized spacial score (nSPS) is 24.1. The lowest BCUT2D eigenvalue weighted by Gasteiger charge is -2.38. The topological polar surface area (TPSA) is 55.2 Å². The highest BCUT2D eigenvalue weighted by atomic mass is 16.6. The second-order valence-corrected chi connectivity index (χ2v) is 6.56. The first-order chi connectivity index (χ1) is 11.7. The molecule has 4 heteroatoms. The maximum atomic E-state index is 11.1. The summed E-state index contributed by atoms with van der Waals surface area (Å²) in [5.74, 6) is 0.795. The van der Waals surface area contributed by atoms with Gasteiger partial charge < -0.3 is 5.32 Å². The standard InChI is InChI=1S/C20H20N2O2/c1-2-13-6-4-10-17-16-9-5-11-18(16)20(21-19(13)17)14-7-3-8-15(12-14)22(23)24/h3-10,12,16,18,20-21H,2,11H2,1H3/t16-,18-,20-/m0/s1. The van der Waals surface area contributed by atoms with E-state index in [9.17, 15) is 10.1 Å². The van der Waals surface area contributed by atoms with Crippen molar-refractivity contribution in [1.82, 2.24) is 0 Å². The molecule has 24 heavy (non-hydrogen) atoms. The highest BCUT2D eigenvalue weighted by Crippen LogP contribution is 2.50. The number of benzene rings is 2. The summed E-state index contributed by atoms with van der Waals surface area (Å²) in [5.41, 5.74) is 5.03. The number of anilines is 1. The lowest BCUT2D eigenvalue weighted by atomic mass is 9.76. The van der Waals surface area contributed by atoms with Crippen LogP contribution in [-0.2, 0) is 6.42 Å². The molecule has 4 nitrogen and oxygen atoms in total. The summed E-state index contributed by atoms with van der Waals surface area (Å²) in [5, 5.41) is 14.8. The summed E-state index contributed by atoms with van der Waals surface area (Å²) in [6.45, 7) is 2.16. The highest BCUT2D eigenvalue weighted by Gasteiger charge is 2.38. The molecule has 1 heterocycles. The Hall–Kier alpha value is -2.62. The Kier molecular flexibility index (Phi) is 3.60. The molecule has 1 N–H and O–H groups in total. The molecule has 0 saturated heterocycles. The molecular formula is C20H20N2O2. The van der Waals surface area contributed by atoms with E-state index in [-0.39, 0.29) is 16.7 Å². The van der Waals surface area contributed by atoms with Gasteiger partial charge in [-0.2, -0.15) is 0 Å². The molecule has 0 unspecified atom stereocenters. The van der Waals surface area contributed by atoms with Crippen molar-refractivity contribution in [2.45, 2.75) is 31.7 Å². The van der Waals surface area contributed by atoms with Gasteiger partial charge in [0.2, 0.25) is 0 Å². The maximum absolute atomic E-state index is 11.1. The van der Waals surface area contributed by atoms with Crippen molar-refractivity contribution in [3.8, 4) is 0 Å². The fraction of sp³-hybridized carbons (Fsp3) is 0.300. The first kappa shape index (κ1) is 14.9. The van der Waals surface area contributed by atoms with Crippen LogP contribution in [0.1, 0.15) is 42.0 Å². The molecule has 2 aromatic carbocycles. The highest BCUT2D eigenvalue weighted by molar-refractivity contribution is 5.64. The number of nitro groups is 1. The molecule has 4 rings (SSSR count). The SMILES string of the molecule is CCc1cccc2c1N[C@@H](c1cccc([N+](=O)[O-])c1)[C@H]1CC=C[C@@H]21. The number of para-hydroxylation sites is 1. The van der Waals surface area contributed by atoms with Gasteiger partial charge in [0.05, 0.1) is 11.0 Å². The van der Waals surface area contributed by atoms with E-state index in [0.717, 1.165) is 18.4 Å². The van der Waals surface area contributed by atoms with Crippen LogP contribution in [0.4, 0.5) is 11.4 Å². The number of aryl methyl sites for hydroxylation is 1. The summed E-state index contributed by atoms with van der Waals surface area (Å²) in [4.78, 5) is 10.8. The van der Waals surface area contributed by atoms with Crippen molar-refractivity contribution in [2.24, 2.45) is 5.92 Å². The van der Waals surface area contributed by atoms with Crippen LogP contribution < -0.4 is 5.32 Å². The van der Waals surface area contributed by atoms with Gasteiger partial charge in [0.15, 0.2) is 0 Å². The van der Waals surface area contributed by atoms with Crippen LogP contribution in [0.3, 0.4) is 0 Å². The number of hydrogen-bond donors (Lipinski definition) is 1. The molecule has 0 saturated carbocycles. The van der Waals surface area contributed by atoms with E-state index in [2.05, 4.69) is 42.6 Å². The Bertz CT molecular complexity index is 828. The van der Waals surface area contributed by atoms with E-state index >= 15 is 0 Å². The van der Waals surface area contributed by atoms with Crippen molar-refractivity contribution in [2.75, 3.05) is 5.32 Å². The number of nitro benzene ring substituents is 1. The van der Waals surface area contributed by atoms with Crippen LogP contribution in [0.15, 0.2) is 54.6 Å².